The van der Waals surface area contributed by atoms with Crippen molar-refractivity contribution in [2.45, 2.75) is 44.6 Å². The Bertz CT molecular complexity index is 1080. The fourth-order valence-electron chi connectivity index (χ4n) is 5.37. The summed E-state index contributed by atoms with van der Waals surface area (Å²) < 4.78 is 5.45. The summed E-state index contributed by atoms with van der Waals surface area (Å²) in [6.45, 7) is 5.59. The normalized spacial score (nSPS) is 16.3. The van der Waals surface area contributed by atoms with Crippen LogP contribution in [-0.4, -0.2) is 60.5 Å². The van der Waals surface area contributed by atoms with E-state index in [0.29, 0.717) is 17.5 Å². The standard InChI is InChI=1S/C31H39N3O2/c1-24(26-11-5-4-6-12-26)15-19-34-20-16-27(17-21-34)30(23-25-10-9-13-28(22-25)36-3)33(2)31(35)29-14-7-8-18-32-29/h4-14,18,22,24,27,30H,15-17,19-21,23H2,1-3H3/t24-,30-/m1/s1. The molecular weight excluding hydrogens is 446 g/mol. The molecule has 1 saturated heterocycles. The number of hydrogen-bond acceptors (Lipinski definition) is 4. The molecular formula is C31H39N3O2. The van der Waals surface area contributed by atoms with Crippen LogP contribution < -0.4 is 4.74 Å². The molecule has 3 aromatic rings. The number of carbonyl (C=O) groups excluding carboxylic acids is 1. The van der Waals surface area contributed by atoms with E-state index in [1.807, 2.05) is 36.2 Å². The molecule has 2 atom stereocenters. The van der Waals surface area contributed by atoms with Crippen molar-refractivity contribution in [1.82, 2.24) is 14.8 Å². The van der Waals surface area contributed by atoms with Gasteiger partial charge in [0.15, 0.2) is 0 Å². The van der Waals surface area contributed by atoms with Crippen molar-refractivity contribution in [3.05, 3.63) is 95.8 Å². The number of amides is 1. The molecule has 36 heavy (non-hydrogen) atoms. The first kappa shape index (κ1) is 25.9. The van der Waals surface area contributed by atoms with Crippen LogP contribution in [0.2, 0.25) is 0 Å². The zero-order valence-corrected chi connectivity index (χ0v) is 21.8. The molecule has 1 aliphatic heterocycles. The second-order valence-electron chi connectivity index (χ2n) is 10.0. The second-order valence-corrected chi connectivity index (χ2v) is 10.0. The smallest absolute Gasteiger partial charge is 0.272 e. The van der Waals surface area contributed by atoms with Gasteiger partial charge in [-0.3, -0.25) is 9.78 Å². The van der Waals surface area contributed by atoms with E-state index in [-0.39, 0.29) is 11.9 Å². The minimum Gasteiger partial charge on any atom is -0.497 e. The monoisotopic (exact) mass is 485 g/mol. The molecule has 0 N–H and O–H groups in total. The van der Waals surface area contributed by atoms with Crippen molar-refractivity contribution < 1.29 is 9.53 Å². The Hall–Kier alpha value is -3.18. The number of hydrogen-bond donors (Lipinski definition) is 0. The Balaban J connectivity index is 1.41. The third kappa shape index (κ3) is 6.73. The van der Waals surface area contributed by atoms with Gasteiger partial charge in [0.05, 0.1) is 7.11 Å². The highest BCUT2D eigenvalue weighted by Crippen LogP contribution is 2.29. The van der Waals surface area contributed by atoms with E-state index in [4.69, 9.17) is 4.74 Å². The molecule has 5 heteroatoms. The summed E-state index contributed by atoms with van der Waals surface area (Å²) in [6.07, 6.45) is 5.84. The van der Waals surface area contributed by atoms with Crippen LogP contribution in [0, 0.1) is 5.92 Å². The first-order valence-electron chi connectivity index (χ1n) is 13.1. The van der Waals surface area contributed by atoms with Crippen molar-refractivity contribution in [2.75, 3.05) is 33.8 Å². The van der Waals surface area contributed by atoms with E-state index in [1.54, 1.807) is 19.4 Å². The van der Waals surface area contributed by atoms with Gasteiger partial charge in [-0.2, -0.15) is 0 Å². The van der Waals surface area contributed by atoms with Crippen LogP contribution in [0.3, 0.4) is 0 Å². The Morgan fingerprint density at radius 1 is 1.06 bits per heavy atom. The molecule has 190 valence electrons. The minimum atomic E-state index is -0.0115. The van der Waals surface area contributed by atoms with E-state index in [1.165, 1.54) is 17.5 Å². The third-order valence-corrected chi connectivity index (χ3v) is 7.70. The molecule has 0 radical (unpaired) electrons. The molecule has 0 unspecified atom stereocenters. The van der Waals surface area contributed by atoms with Gasteiger partial charge in [0.25, 0.3) is 5.91 Å². The van der Waals surface area contributed by atoms with Crippen molar-refractivity contribution >= 4 is 5.91 Å². The molecule has 0 spiro atoms. The van der Waals surface area contributed by atoms with Gasteiger partial charge in [0.2, 0.25) is 0 Å². The maximum Gasteiger partial charge on any atom is 0.272 e. The molecule has 1 aliphatic rings. The molecule has 0 bridgehead atoms. The zero-order valence-electron chi connectivity index (χ0n) is 21.8. The van der Waals surface area contributed by atoms with Crippen molar-refractivity contribution in [3.8, 4) is 5.75 Å². The largest absolute Gasteiger partial charge is 0.497 e. The van der Waals surface area contributed by atoms with Crippen molar-refractivity contribution in [3.63, 3.8) is 0 Å². The Kier molecular flexibility index (Phi) is 9.12. The van der Waals surface area contributed by atoms with Gasteiger partial charge in [-0.05, 0) is 92.5 Å². The average molecular weight is 486 g/mol. The van der Waals surface area contributed by atoms with Crippen molar-refractivity contribution in [1.29, 1.82) is 0 Å². The number of likely N-dealkylation sites (N-methyl/N-ethyl adjacent to an activating group) is 1. The van der Waals surface area contributed by atoms with Gasteiger partial charge in [-0.15, -0.1) is 0 Å². The summed E-state index contributed by atoms with van der Waals surface area (Å²) in [6, 6.07) is 24.7. The number of carbonyl (C=O) groups is 1. The van der Waals surface area contributed by atoms with Gasteiger partial charge in [-0.1, -0.05) is 55.5 Å². The van der Waals surface area contributed by atoms with Gasteiger partial charge >= 0.3 is 0 Å². The van der Waals surface area contributed by atoms with Crippen LogP contribution in [0.1, 0.15) is 53.7 Å². The van der Waals surface area contributed by atoms with Crippen LogP contribution in [0.15, 0.2) is 79.0 Å². The summed E-state index contributed by atoms with van der Waals surface area (Å²) >= 11 is 0. The summed E-state index contributed by atoms with van der Waals surface area (Å²) in [7, 11) is 3.64. The van der Waals surface area contributed by atoms with Crippen LogP contribution in [-0.2, 0) is 6.42 Å². The fourth-order valence-corrected chi connectivity index (χ4v) is 5.37. The predicted molar refractivity (Wildman–Crippen MR) is 145 cm³/mol. The average Bonchev–Trinajstić information content (AvgIpc) is 2.95. The van der Waals surface area contributed by atoms with Gasteiger partial charge in [-0.25, -0.2) is 0 Å². The number of ether oxygens (including phenoxy) is 1. The molecule has 1 amide bonds. The Morgan fingerprint density at radius 2 is 1.81 bits per heavy atom. The first-order chi connectivity index (χ1) is 17.5. The molecule has 2 aromatic carbocycles. The lowest BCUT2D eigenvalue weighted by molar-refractivity contribution is 0.0583. The SMILES string of the molecule is COc1cccc(C[C@H](C2CCN(CC[C@@H](C)c3ccccc3)CC2)N(C)C(=O)c2ccccn2)c1. The number of nitrogens with zero attached hydrogens (tertiary/aromatic N) is 3. The zero-order chi connectivity index (χ0) is 25.3. The van der Waals surface area contributed by atoms with Crippen LogP contribution >= 0.6 is 0 Å². The molecule has 5 nitrogen and oxygen atoms in total. The Morgan fingerprint density at radius 3 is 2.50 bits per heavy atom. The number of benzene rings is 2. The summed E-state index contributed by atoms with van der Waals surface area (Å²) in [4.78, 5) is 22.2. The minimum absolute atomic E-state index is 0.0115. The molecule has 0 saturated carbocycles. The van der Waals surface area contributed by atoms with Crippen LogP contribution in [0.4, 0.5) is 0 Å². The number of piperidine rings is 1. The summed E-state index contributed by atoms with van der Waals surface area (Å²) in [5, 5.41) is 0. The predicted octanol–water partition coefficient (Wildman–Crippen LogP) is 5.68. The quantitative estimate of drug-likeness (QED) is 0.371. The van der Waals surface area contributed by atoms with Gasteiger partial charge < -0.3 is 14.5 Å². The lowest BCUT2D eigenvalue weighted by Crippen LogP contribution is -2.47. The number of likely N-dealkylation sites (tertiary alicyclic amines) is 1. The fraction of sp³-hybridized carbons (Fsp3) is 0.419. The lowest BCUT2D eigenvalue weighted by Gasteiger charge is -2.40. The second kappa shape index (κ2) is 12.7. The number of pyridine rings is 1. The summed E-state index contributed by atoms with van der Waals surface area (Å²) in [5.41, 5.74) is 3.11. The van der Waals surface area contributed by atoms with Gasteiger partial charge in [0, 0.05) is 19.3 Å². The first-order valence-corrected chi connectivity index (χ1v) is 13.1. The Labute approximate surface area is 216 Å². The van der Waals surface area contributed by atoms with E-state index in [0.717, 1.165) is 44.6 Å². The number of methoxy groups -OCH3 is 1. The number of aromatic nitrogens is 1. The maximum atomic E-state index is 13.3. The van der Waals surface area contributed by atoms with Gasteiger partial charge in [0.1, 0.15) is 11.4 Å². The molecule has 0 aliphatic carbocycles. The highest BCUT2D eigenvalue weighted by molar-refractivity contribution is 5.92. The van der Waals surface area contributed by atoms with E-state index in [2.05, 4.69) is 59.3 Å². The highest BCUT2D eigenvalue weighted by atomic mass is 16.5. The molecule has 2 heterocycles. The summed E-state index contributed by atoms with van der Waals surface area (Å²) in [5.74, 6) is 1.85. The highest BCUT2D eigenvalue weighted by Gasteiger charge is 2.32. The molecule has 4 rings (SSSR count). The van der Waals surface area contributed by atoms with Crippen LogP contribution in [0.5, 0.6) is 5.75 Å². The maximum absolute atomic E-state index is 13.3. The molecule has 1 fully saturated rings. The van der Waals surface area contributed by atoms with E-state index >= 15 is 0 Å². The third-order valence-electron chi connectivity index (χ3n) is 7.70. The topological polar surface area (TPSA) is 45.7 Å². The molecule has 1 aromatic heterocycles. The van der Waals surface area contributed by atoms with Crippen molar-refractivity contribution in [2.24, 2.45) is 5.92 Å². The lowest BCUT2D eigenvalue weighted by atomic mass is 9.84. The number of rotatable bonds is 10. The van der Waals surface area contributed by atoms with E-state index < -0.39 is 0 Å². The van der Waals surface area contributed by atoms with Crippen LogP contribution in [0.25, 0.3) is 0 Å². The van der Waals surface area contributed by atoms with E-state index in [9.17, 15) is 4.79 Å².